The van der Waals surface area contributed by atoms with Gasteiger partial charge in [-0.2, -0.15) is 16.7 Å². The van der Waals surface area contributed by atoms with Crippen molar-refractivity contribution in [1.82, 2.24) is 15.5 Å². The maximum atomic E-state index is 4.86. The van der Waals surface area contributed by atoms with Gasteiger partial charge in [0.15, 0.2) is 6.33 Å². The predicted octanol–water partition coefficient (Wildman–Crippen LogP) is 0.955. The Kier molecular flexibility index (Phi) is 5.60. The van der Waals surface area contributed by atoms with E-state index >= 15 is 0 Å². The van der Waals surface area contributed by atoms with Crippen molar-refractivity contribution in [2.45, 2.75) is 12.8 Å². The van der Waals surface area contributed by atoms with Crippen molar-refractivity contribution >= 4 is 11.8 Å². The van der Waals surface area contributed by atoms with Crippen LogP contribution in [0.5, 0.6) is 0 Å². The van der Waals surface area contributed by atoms with E-state index in [0.717, 1.165) is 19.5 Å². The predicted molar refractivity (Wildman–Crippen MR) is 53.9 cm³/mol. The molecule has 0 aliphatic carbocycles. The molecule has 0 bridgehead atoms. The van der Waals surface area contributed by atoms with E-state index < -0.39 is 0 Å². The minimum Gasteiger partial charge on any atom is -0.340 e. The maximum absolute atomic E-state index is 4.86. The molecule has 1 rings (SSSR count). The molecule has 0 atom stereocenters. The third-order valence-electron chi connectivity index (χ3n) is 1.62. The fourth-order valence-corrected chi connectivity index (χ4v) is 1.40. The fourth-order valence-electron chi connectivity index (χ4n) is 0.968. The van der Waals surface area contributed by atoms with Crippen LogP contribution in [0.3, 0.4) is 0 Å². The normalized spacial score (nSPS) is 10.5. The van der Waals surface area contributed by atoms with Crippen molar-refractivity contribution in [3.8, 4) is 0 Å². The molecule has 0 spiro atoms. The second-order valence-corrected chi connectivity index (χ2v) is 3.67. The molecule has 0 aliphatic heterocycles. The number of hydrogen-bond donors (Lipinski definition) is 1. The first kappa shape index (κ1) is 10.5. The van der Waals surface area contributed by atoms with Crippen LogP contribution in [0.2, 0.25) is 0 Å². The van der Waals surface area contributed by atoms with Crippen LogP contribution < -0.4 is 5.32 Å². The molecule has 1 heterocycles. The molecule has 13 heavy (non-hydrogen) atoms. The van der Waals surface area contributed by atoms with E-state index in [4.69, 9.17) is 4.52 Å². The van der Waals surface area contributed by atoms with Gasteiger partial charge in [-0.05, 0) is 25.0 Å². The van der Waals surface area contributed by atoms with E-state index in [1.165, 1.54) is 18.5 Å². The third kappa shape index (κ3) is 4.90. The van der Waals surface area contributed by atoms with E-state index in [1.54, 1.807) is 0 Å². The van der Waals surface area contributed by atoms with Crippen LogP contribution in [0.1, 0.15) is 12.3 Å². The van der Waals surface area contributed by atoms with Gasteiger partial charge in [0, 0.05) is 13.0 Å². The molecular weight excluding hydrogens is 186 g/mol. The van der Waals surface area contributed by atoms with Crippen molar-refractivity contribution in [2.75, 3.05) is 25.1 Å². The van der Waals surface area contributed by atoms with E-state index in [1.807, 2.05) is 11.8 Å². The number of nitrogens with one attached hydrogen (secondary N) is 1. The second-order valence-electron chi connectivity index (χ2n) is 2.68. The van der Waals surface area contributed by atoms with Crippen LogP contribution in [0.4, 0.5) is 0 Å². The van der Waals surface area contributed by atoms with Crippen molar-refractivity contribution < 1.29 is 4.52 Å². The molecule has 0 unspecified atom stereocenters. The SMILES string of the molecule is CSCCCNCCc1ncno1. The van der Waals surface area contributed by atoms with Gasteiger partial charge in [0.25, 0.3) is 0 Å². The highest BCUT2D eigenvalue weighted by atomic mass is 32.2. The molecule has 0 radical (unpaired) electrons. The van der Waals surface area contributed by atoms with Crippen molar-refractivity contribution in [1.29, 1.82) is 0 Å². The van der Waals surface area contributed by atoms with E-state index in [9.17, 15) is 0 Å². The van der Waals surface area contributed by atoms with Crippen LogP contribution >= 0.6 is 11.8 Å². The molecule has 1 N–H and O–H groups in total. The molecule has 0 fully saturated rings. The number of nitrogens with zero attached hydrogens (tertiary/aromatic N) is 2. The van der Waals surface area contributed by atoms with Gasteiger partial charge in [-0.15, -0.1) is 0 Å². The molecule has 1 aromatic rings. The molecule has 1 aromatic heterocycles. The zero-order valence-corrected chi connectivity index (χ0v) is 8.64. The zero-order valence-electron chi connectivity index (χ0n) is 7.82. The zero-order chi connectivity index (χ0) is 9.36. The average molecular weight is 201 g/mol. The Balaban J connectivity index is 1.90. The van der Waals surface area contributed by atoms with Crippen LogP contribution in [0.15, 0.2) is 10.9 Å². The van der Waals surface area contributed by atoms with Crippen molar-refractivity contribution in [2.24, 2.45) is 0 Å². The Morgan fingerprint density at radius 2 is 2.46 bits per heavy atom. The molecule has 74 valence electrons. The summed E-state index contributed by atoms with van der Waals surface area (Å²) in [6, 6.07) is 0. The van der Waals surface area contributed by atoms with Gasteiger partial charge in [0.1, 0.15) is 0 Å². The lowest BCUT2D eigenvalue weighted by atomic mass is 10.4. The lowest BCUT2D eigenvalue weighted by Crippen LogP contribution is -2.19. The summed E-state index contributed by atoms with van der Waals surface area (Å²) < 4.78 is 4.86. The first-order chi connectivity index (χ1) is 6.43. The fraction of sp³-hybridized carbons (Fsp3) is 0.750. The highest BCUT2D eigenvalue weighted by Gasteiger charge is 1.96. The topological polar surface area (TPSA) is 51.0 Å². The standard InChI is InChI=1S/C8H15N3OS/c1-13-6-2-4-9-5-3-8-10-7-11-12-8/h7,9H,2-6H2,1H3. The average Bonchev–Trinajstić information content (AvgIpc) is 2.63. The number of hydrogen-bond acceptors (Lipinski definition) is 5. The Labute approximate surface area is 82.5 Å². The van der Waals surface area contributed by atoms with Crippen molar-refractivity contribution in [3.05, 3.63) is 12.2 Å². The summed E-state index contributed by atoms with van der Waals surface area (Å²) in [7, 11) is 0. The van der Waals surface area contributed by atoms with Gasteiger partial charge >= 0.3 is 0 Å². The first-order valence-electron chi connectivity index (χ1n) is 4.38. The Hall–Kier alpha value is -0.550. The molecule has 0 aromatic carbocycles. The number of aromatic nitrogens is 2. The van der Waals surface area contributed by atoms with Gasteiger partial charge in [0.05, 0.1) is 0 Å². The van der Waals surface area contributed by atoms with Crippen molar-refractivity contribution in [3.63, 3.8) is 0 Å². The van der Waals surface area contributed by atoms with Gasteiger partial charge in [0.2, 0.25) is 5.89 Å². The minimum atomic E-state index is 0.706. The molecule has 0 amide bonds. The molecule has 4 nitrogen and oxygen atoms in total. The lowest BCUT2D eigenvalue weighted by molar-refractivity contribution is 0.375. The van der Waals surface area contributed by atoms with Crippen LogP contribution in [-0.2, 0) is 6.42 Å². The summed E-state index contributed by atoms with van der Waals surface area (Å²) in [6.07, 6.45) is 5.59. The minimum absolute atomic E-state index is 0.706. The van der Waals surface area contributed by atoms with E-state index in [-0.39, 0.29) is 0 Å². The molecule has 5 heteroatoms. The highest BCUT2D eigenvalue weighted by molar-refractivity contribution is 7.98. The smallest absolute Gasteiger partial charge is 0.227 e. The summed E-state index contributed by atoms with van der Waals surface area (Å²) in [5.74, 6) is 1.92. The molecule has 0 saturated heterocycles. The Bertz CT molecular complexity index is 203. The Morgan fingerprint density at radius 3 is 3.15 bits per heavy atom. The highest BCUT2D eigenvalue weighted by Crippen LogP contribution is 1.94. The van der Waals surface area contributed by atoms with E-state index in [0.29, 0.717) is 5.89 Å². The first-order valence-corrected chi connectivity index (χ1v) is 5.78. The lowest BCUT2D eigenvalue weighted by Gasteiger charge is -2.00. The van der Waals surface area contributed by atoms with Gasteiger partial charge in [-0.1, -0.05) is 5.16 Å². The summed E-state index contributed by atoms with van der Waals surface area (Å²) in [5.41, 5.74) is 0. The summed E-state index contributed by atoms with van der Waals surface area (Å²) >= 11 is 1.88. The van der Waals surface area contributed by atoms with Crippen LogP contribution in [0, 0.1) is 0 Å². The van der Waals surface area contributed by atoms with Crippen LogP contribution in [-0.4, -0.2) is 35.2 Å². The molecular formula is C8H15N3OS. The maximum Gasteiger partial charge on any atom is 0.227 e. The van der Waals surface area contributed by atoms with E-state index in [2.05, 4.69) is 21.7 Å². The second kappa shape index (κ2) is 6.91. The van der Waals surface area contributed by atoms with Gasteiger partial charge in [-0.25, -0.2) is 0 Å². The molecule has 0 aliphatic rings. The summed E-state index contributed by atoms with van der Waals surface area (Å²) in [5, 5.41) is 6.85. The molecule has 0 saturated carbocycles. The number of thioether (sulfide) groups is 1. The van der Waals surface area contributed by atoms with Gasteiger partial charge in [-0.3, -0.25) is 0 Å². The third-order valence-corrected chi connectivity index (χ3v) is 2.32. The monoisotopic (exact) mass is 201 g/mol. The van der Waals surface area contributed by atoms with Crippen LogP contribution in [0.25, 0.3) is 0 Å². The quantitative estimate of drug-likeness (QED) is 0.666. The largest absolute Gasteiger partial charge is 0.340 e. The Morgan fingerprint density at radius 1 is 1.54 bits per heavy atom. The van der Waals surface area contributed by atoms with Gasteiger partial charge < -0.3 is 9.84 Å². The summed E-state index contributed by atoms with van der Waals surface area (Å²) in [6.45, 7) is 1.98. The summed E-state index contributed by atoms with van der Waals surface area (Å²) in [4.78, 5) is 3.93. The number of rotatable bonds is 7.